The van der Waals surface area contributed by atoms with Crippen molar-refractivity contribution >= 4 is 62.8 Å². The summed E-state index contributed by atoms with van der Waals surface area (Å²) in [4.78, 5) is 53.9. The fourth-order valence-corrected chi connectivity index (χ4v) is 8.99. The van der Waals surface area contributed by atoms with E-state index in [1.807, 2.05) is 36.4 Å². The summed E-state index contributed by atoms with van der Waals surface area (Å²) in [5.41, 5.74) is 2.72. The highest BCUT2D eigenvalue weighted by Gasteiger charge is 2.76. The van der Waals surface area contributed by atoms with Crippen LogP contribution in [0.1, 0.15) is 24.0 Å². The van der Waals surface area contributed by atoms with Gasteiger partial charge in [0, 0.05) is 17.9 Å². The standard InChI is InChI=1S/C31H25BrCl2N2O6/c32-15-36-28(40)30(33)12-22-20(7-8-21-24(22)27(39)35(26(21)38)13-16-4-2-1-3-5-16)25(31(30,34)29(36)41)18-10-17-11-19(37)6-9-23(17)42-14-18/h1-7,9,11,14,21-22,24-25,37H,8,10,12-13,15H2/t21-,22+,24-,25-,30+,31-/m0/s1. The van der Waals surface area contributed by atoms with Crippen molar-refractivity contribution in [2.24, 2.45) is 23.7 Å². The van der Waals surface area contributed by atoms with Crippen molar-refractivity contribution in [2.75, 3.05) is 5.45 Å². The van der Waals surface area contributed by atoms with E-state index in [-0.39, 0.29) is 42.4 Å². The number of aromatic hydroxyl groups is 1. The summed E-state index contributed by atoms with van der Waals surface area (Å²) in [7, 11) is 0. The lowest BCUT2D eigenvalue weighted by Crippen LogP contribution is -2.61. The molecular formula is C31H25BrCl2N2O6. The average Bonchev–Trinajstić information content (AvgIpc) is 3.30. The molecule has 6 atom stereocenters. The minimum atomic E-state index is -1.90. The maximum Gasteiger partial charge on any atom is 0.254 e. The first kappa shape index (κ1) is 27.7. The molecule has 11 heteroatoms. The zero-order chi connectivity index (χ0) is 29.6. The van der Waals surface area contributed by atoms with Gasteiger partial charge in [-0.2, -0.15) is 0 Å². The van der Waals surface area contributed by atoms with Crippen LogP contribution in [-0.4, -0.2) is 53.7 Å². The van der Waals surface area contributed by atoms with E-state index in [0.717, 1.165) is 10.5 Å². The van der Waals surface area contributed by atoms with E-state index in [0.29, 0.717) is 28.9 Å². The second kappa shape index (κ2) is 9.69. The summed E-state index contributed by atoms with van der Waals surface area (Å²) < 4.78 is 5.92. The van der Waals surface area contributed by atoms with Crippen LogP contribution in [0, 0.1) is 23.7 Å². The van der Waals surface area contributed by atoms with E-state index in [1.165, 1.54) is 17.2 Å². The first-order chi connectivity index (χ1) is 20.1. The lowest BCUT2D eigenvalue weighted by molar-refractivity contribution is -0.141. The molecule has 1 saturated carbocycles. The Hall–Kier alpha value is -3.14. The maximum atomic E-state index is 14.0. The fraction of sp³-hybridized carbons (Fsp3) is 0.355. The first-order valence-corrected chi connectivity index (χ1v) is 15.5. The van der Waals surface area contributed by atoms with Crippen molar-refractivity contribution < 1.29 is 29.0 Å². The van der Waals surface area contributed by atoms with Crippen LogP contribution in [0.3, 0.4) is 0 Å². The summed E-state index contributed by atoms with van der Waals surface area (Å²) in [6.07, 6.45) is 3.93. The van der Waals surface area contributed by atoms with Crippen LogP contribution in [0.5, 0.6) is 11.5 Å². The summed E-state index contributed by atoms with van der Waals surface area (Å²) >= 11 is 17.8. The Morgan fingerprint density at radius 2 is 1.74 bits per heavy atom. The molecule has 42 heavy (non-hydrogen) atoms. The van der Waals surface area contributed by atoms with E-state index in [4.69, 9.17) is 27.9 Å². The Morgan fingerprint density at radius 1 is 0.976 bits per heavy atom. The zero-order valence-electron chi connectivity index (χ0n) is 22.1. The number of likely N-dealkylation sites (tertiary alicyclic amines) is 2. The van der Waals surface area contributed by atoms with E-state index < -0.39 is 45.2 Å². The van der Waals surface area contributed by atoms with Gasteiger partial charge in [-0.05, 0) is 48.1 Å². The zero-order valence-corrected chi connectivity index (χ0v) is 25.2. The third-order valence-corrected chi connectivity index (χ3v) is 11.4. The highest BCUT2D eigenvalue weighted by molar-refractivity contribution is 9.09. The molecule has 0 spiro atoms. The summed E-state index contributed by atoms with van der Waals surface area (Å²) in [6, 6.07) is 14.0. The minimum Gasteiger partial charge on any atom is -0.508 e. The number of hydrogen-bond donors (Lipinski definition) is 1. The van der Waals surface area contributed by atoms with Gasteiger partial charge in [-0.15, -0.1) is 23.2 Å². The summed E-state index contributed by atoms with van der Waals surface area (Å²) in [5, 5.41) is 10.1. The van der Waals surface area contributed by atoms with Crippen LogP contribution < -0.4 is 4.74 Å². The van der Waals surface area contributed by atoms with Crippen molar-refractivity contribution in [1.82, 2.24) is 9.80 Å². The number of phenolic OH excluding ortho intramolecular Hbond substituents is 1. The highest BCUT2D eigenvalue weighted by Crippen LogP contribution is 2.64. The van der Waals surface area contributed by atoms with Crippen LogP contribution in [0.15, 0.2) is 72.0 Å². The Bertz CT molecular complexity index is 1630. The lowest BCUT2D eigenvalue weighted by Gasteiger charge is -2.51. The summed E-state index contributed by atoms with van der Waals surface area (Å²) in [6.45, 7) is 0.149. The normalized spacial score (nSPS) is 33.4. The van der Waals surface area contributed by atoms with Gasteiger partial charge in [0.15, 0.2) is 9.75 Å². The van der Waals surface area contributed by atoms with Crippen LogP contribution in [0.2, 0.25) is 0 Å². The van der Waals surface area contributed by atoms with Crippen LogP contribution in [-0.2, 0) is 32.1 Å². The SMILES string of the molecule is O=C1[C@H]2[C@H](CC=C3[C@H](C4=COc5ccc(O)cc5C4)[C@]4(Cl)C(=O)N(CBr)C(=O)[C@]4(Cl)C[C@H]32)C(=O)N1Cc1ccccc1. The molecule has 3 fully saturated rings. The molecule has 2 saturated heterocycles. The third kappa shape index (κ3) is 3.66. The Kier molecular flexibility index (Phi) is 6.39. The lowest BCUT2D eigenvalue weighted by atomic mass is 9.56. The third-order valence-electron chi connectivity index (χ3n) is 9.44. The topological polar surface area (TPSA) is 104 Å². The molecule has 216 valence electrons. The number of alkyl halides is 3. The predicted octanol–water partition coefficient (Wildman–Crippen LogP) is 4.66. The molecule has 1 N–H and O–H groups in total. The largest absolute Gasteiger partial charge is 0.508 e. The fourth-order valence-electron chi connectivity index (χ4n) is 7.55. The molecule has 7 rings (SSSR count). The Labute approximate surface area is 260 Å². The van der Waals surface area contributed by atoms with Crippen LogP contribution in [0.4, 0.5) is 0 Å². The predicted molar refractivity (Wildman–Crippen MR) is 157 cm³/mol. The molecule has 5 aliphatic rings. The molecule has 2 aliphatic carbocycles. The van der Waals surface area contributed by atoms with Gasteiger partial charge in [0.25, 0.3) is 11.8 Å². The van der Waals surface area contributed by atoms with Crippen molar-refractivity contribution in [2.45, 2.75) is 35.6 Å². The number of benzene rings is 2. The quantitative estimate of drug-likeness (QED) is 0.220. The molecular weight excluding hydrogens is 647 g/mol. The number of carbonyl (C=O) groups is 4. The number of allylic oxidation sites excluding steroid dienone is 3. The molecule has 0 unspecified atom stereocenters. The average molecular weight is 672 g/mol. The molecule has 0 aromatic heterocycles. The smallest absolute Gasteiger partial charge is 0.254 e. The minimum absolute atomic E-state index is 0.0540. The van der Waals surface area contributed by atoms with Gasteiger partial charge in [0.2, 0.25) is 11.8 Å². The first-order valence-electron chi connectivity index (χ1n) is 13.7. The molecule has 2 aromatic carbocycles. The van der Waals surface area contributed by atoms with Crippen molar-refractivity contribution in [3.63, 3.8) is 0 Å². The highest BCUT2D eigenvalue weighted by atomic mass is 79.9. The molecule has 0 bridgehead atoms. The number of amides is 4. The second-order valence-corrected chi connectivity index (χ2v) is 13.3. The van der Waals surface area contributed by atoms with Gasteiger partial charge < -0.3 is 9.84 Å². The van der Waals surface area contributed by atoms with Crippen molar-refractivity contribution in [3.8, 4) is 11.5 Å². The maximum absolute atomic E-state index is 14.0. The number of rotatable bonds is 4. The number of ether oxygens (including phenoxy) is 1. The van der Waals surface area contributed by atoms with E-state index in [1.54, 1.807) is 12.1 Å². The molecule has 3 aliphatic heterocycles. The number of fused-ring (bicyclic) bond motifs is 5. The van der Waals surface area contributed by atoms with E-state index in [2.05, 4.69) is 15.9 Å². The van der Waals surface area contributed by atoms with Gasteiger partial charge in [-0.3, -0.25) is 29.0 Å². The Balaban J connectivity index is 1.33. The van der Waals surface area contributed by atoms with E-state index >= 15 is 0 Å². The monoisotopic (exact) mass is 670 g/mol. The number of nitrogens with zero attached hydrogens (tertiary/aromatic N) is 2. The molecule has 8 nitrogen and oxygen atoms in total. The number of phenols is 1. The molecule has 4 amide bonds. The Morgan fingerprint density at radius 3 is 2.48 bits per heavy atom. The van der Waals surface area contributed by atoms with Crippen LogP contribution >= 0.6 is 39.1 Å². The van der Waals surface area contributed by atoms with Gasteiger partial charge in [-0.1, -0.05) is 57.9 Å². The number of hydrogen-bond acceptors (Lipinski definition) is 6. The number of imide groups is 2. The van der Waals surface area contributed by atoms with Crippen LogP contribution in [0.25, 0.3) is 0 Å². The molecule has 2 aromatic rings. The number of carbonyl (C=O) groups excluding carboxylic acids is 4. The summed E-state index contributed by atoms with van der Waals surface area (Å²) in [5.74, 6) is -4.08. The van der Waals surface area contributed by atoms with E-state index in [9.17, 15) is 24.3 Å². The van der Waals surface area contributed by atoms with Gasteiger partial charge in [0.05, 0.1) is 30.1 Å². The van der Waals surface area contributed by atoms with Crippen molar-refractivity contribution in [3.05, 3.63) is 83.1 Å². The molecule has 0 radical (unpaired) electrons. The number of halogens is 3. The van der Waals surface area contributed by atoms with Gasteiger partial charge in [-0.25, -0.2) is 0 Å². The second-order valence-electron chi connectivity index (χ2n) is 11.5. The molecule has 3 heterocycles. The van der Waals surface area contributed by atoms with Crippen molar-refractivity contribution in [1.29, 1.82) is 0 Å². The van der Waals surface area contributed by atoms with Gasteiger partial charge >= 0.3 is 0 Å². The van der Waals surface area contributed by atoms with Gasteiger partial charge in [0.1, 0.15) is 11.5 Å².